The predicted octanol–water partition coefficient (Wildman–Crippen LogP) is 0.962. The van der Waals surface area contributed by atoms with Gasteiger partial charge in [0.1, 0.15) is 6.07 Å². The van der Waals surface area contributed by atoms with E-state index in [1.807, 2.05) is 13.0 Å². The Morgan fingerprint density at radius 1 is 1.67 bits per heavy atom. The molecule has 1 aromatic heterocycles. The number of aryl methyl sites for hydroxylation is 1. The van der Waals surface area contributed by atoms with E-state index in [0.717, 1.165) is 5.56 Å². The maximum Gasteiger partial charge on any atom is 0.290 e. The van der Waals surface area contributed by atoms with E-state index in [0.29, 0.717) is 5.56 Å². The smallest absolute Gasteiger partial charge is 0.290 e. The minimum atomic E-state index is -0.250. The van der Waals surface area contributed by atoms with E-state index in [1.54, 1.807) is 18.5 Å². The molecule has 0 aliphatic heterocycles. The fourth-order valence-electron chi connectivity index (χ4n) is 0.616. The summed E-state index contributed by atoms with van der Waals surface area (Å²) in [6.45, 7) is 1.66. The number of nitrogens with zero attached hydrogens (tertiary/aromatic N) is 2. The van der Waals surface area contributed by atoms with Gasteiger partial charge in [0, 0.05) is 12.4 Å². The van der Waals surface area contributed by atoms with Crippen LogP contribution in [0.15, 0.2) is 18.5 Å². The number of hydrogen-bond donors (Lipinski definition) is 1. The van der Waals surface area contributed by atoms with Crippen molar-refractivity contribution in [1.29, 1.82) is 5.26 Å². The number of aromatic nitrogens is 1. The van der Waals surface area contributed by atoms with E-state index in [4.69, 9.17) is 15.2 Å². The van der Waals surface area contributed by atoms with Gasteiger partial charge in [0.25, 0.3) is 6.47 Å². The minimum absolute atomic E-state index is 0.250. The number of rotatable bonds is 0. The molecule has 0 fully saturated rings. The summed E-state index contributed by atoms with van der Waals surface area (Å²) >= 11 is 0. The van der Waals surface area contributed by atoms with Gasteiger partial charge >= 0.3 is 0 Å². The van der Waals surface area contributed by atoms with Gasteiger partial charge in [-0.3, -0.25) is 9.78 Å². The Hall–Kier alpha value is -1.89. The highest BCUT2D eigenvalue weighted by atomic mass is 16.3. The molecule has 1 heterocycles. The van der Waals surface area contributed by atoms with Crippen LogP contribution in [0.1, 0.15) is 11.1 Å². The third-order valence-electron chi connectivity index (χ3n) is 1.00. The first-order chi connectivity index (χ1) is 5.74. The van der Waals surface area contributed by atoms with Gasteiger partial charge in [0.2, 0.25) is 0 Å². The second kappa shape index (κ2) is 5.86. The zero-order valence-corrected chi connectivity index (χ0v) is 6.56. The highest BCUT2D eigenvalue weighted by Gasteiger charge is 1.87. The molecule has 62 valence electrons. The van der Waals surface area contributed by atoms with Crippen LogP contribution in [0.5, 0.6) is 0 Å². The van der Waals surface area contributed by atoms with E-state index in [-0.39, 0.29) is 6.47 Å². The Labute approximate surface area is 70.1 Å². The average Bonchev–Trinajstić information content (AvgIpc) is 2.06. The van der Waals surface area contributed by atoms with Crippen molar-refractivity contribution < 1.29 is 9.90 Å². The molecule has 1 aromatic rings. The summed E-state index contributed by atoms with van der Waals surface area (Å²) in [6.07, 6.45) is 3.27. The summed E-state index contributed by atoms with van der Waals surface area (Å²) < 4.78 is 0. The molecule has 0 aliphatic rings. The van der Waals surface area contributed by atoms with Crippen molar-refractivity contribution in [2.24, 2.45) is 0 Å². The standard InChI is InChI=1S/C7H6N2.CH2O2/c1-6-2-7(3-8)5-9-4-6;2-1-3/h2,4-5H,1H3;1H,(H,2,3). The molecule has 0 spiro atoms. The minimum Gasteiger partial charge on any atom is -0.483 e. The molecule has 0 atom stereocenters. The summed E-state index contributed by atoms with van der Waals surface area (Å²) in [7, 11) is 0. The maximum atomic E-state index is 8.37. The fourth-order valence-corrected chi connectivity index (χ4v) is 0.616. The molecule has 1 rings (SSSR count). The molecule has 0 radical (unpaired) electrons. The zero-order chi connectivity index (χ0) is 9.40. The maximum absolute atomic E-state index is 8.37. The molecule has 0 unspecified atom stereocenters. The second-order valence-corrected chi connectivity index (χ2v) is 1.97. The fraction of sp³-hybridized carbons (Fsp3) is 0.125. The predicted molar refractivity (Wildman–Crippen MR) is 42.4 cm³/mol. The van der Waals surface area contributed by atoms with Crippen molar-refractivity contribution >= 4 is 6.47 Å². The van der Waals surface area contributed by atoms with Crippen molar-refractivity contribution in [2.45, 2.75) is 6.92 Å². The van der Waals surface area contributed by atoms with Gasteiger partial charge in [0.15, 0.2) is 0 Å². The molecule has 0 aliphatic carbocycles. The van der Waals surface area contributed by atoms with Crippen LogP contribution in [0.3, 0.4) is 0 Å². The molecular weight excluding hydrogens is 156 g/mol. The Kier molecular flexibility index (Phi) is 4.94. The highest BCUT2D eigenvalue weighted by molar-refractivity contribution is 5.32. The molecular formula is C8H8N2O2. The van der Waals surface area contributed by atoms with Gasteiger partial charge in [0.05, 0.1) is 5.56 Å². The molecule has 0 saturated heterocycles. The first-order valence-electron chi connectivity index (χ1n) is 3.14. The van der Waals surface area contributed by atoms with Gasteiger partial charge in [-0.1, -0.05) is 0 Å². The Balaban J connectivity index is 0.000000354. The second-order valence-electron chi connectivity index (χ2n) is 1.97. The van der Waals surface area contributed by atoms with Crippen molar-refractivity contribution in [3.8, 4) is 6.07 Å². The van der Waals surface area contributed by atoms with Crippen LogP contribution < -0.4 is 0 Å². The van der Waals surface area contributed by atoms with E-state index >= 15 is 0 Å². The lowest BCUT2D eigenvalue weighted by atomic mass is 10.2. The molecule has 4 heteroatoms. The molecule has 0 saturated carbocycles. The number of carbonyl (C=O) groups is 1. The number of nitriles is 1. The molecule has 0 aromatic carbocycles. The largest absolute Gasteiger partial charge is 0.483 e. The normalized spacial score (nSPS) is 7.33. The van der Waals surface area contributed by atoms with E-state index in [9.17, 15) is 0 Å². The van der Waals surface area contributed by atoms with Gasteiger partial charge in [-0.25, -0.2) is 0 Å². The Morgan fingerprint density at radius 3 is 2.58 bits per heavy atom. The van der Waals surface area contributed by atoms with Crippen LogP contribution in [-0.4, -0.2) is 16.6 Å². The quantitative estimate of drug-likeness (QED) is 0.579. The van der Waals surface area contributed by atoms with Crippen molar-refractivity contribution in [3.63, 3.8) is 0 Å². The highest BCUT2D eigenvalue weighted by Crippen LogP contribution is 1.97. The van der Waals surface area contributed by atoms with Gasteiger partial charge < -0.3 is 5.11 Å². The summed E-state index contributed by atoms with van der Waals surface area (Å²) in [4.78, 5) is 12.2. The Morgan fingerprint density at radius 2 is 2.25 bits per heavy atom. The number of hydrogen-bond acceptors (Lipinski definition) is 3. The van der Waals surface area contributed by atoms with E-state index < -0.39 is 0 Å². The van der Waals surface area contributed by atoms with Crippen LogP contribution in [0.2, 0.25) is 0 Å². The number of carboxylic acid groups (broad SMARTS) is 1. The lowest BCUT2D eigenvalue weighted by molar-refractivity contribution is -0.122. The molecule has 4 nitrogen and oxygen atoms in total. The summed E-state index contributed by atoms with van der Waals surface area (Å²) in [5.41, 5.74) is 1.64. The lowest BCUT2D eigenvalue weighted by Gasteiger charge is -1.87. The topological polar surface area (TPSA) is 74.0 Å². The van der Waals surface area contributed by atoms with Crippen molar-refractivity contribution in [1.82, 2.24) is 4.98 Å². The van der Waals surface area contributed by atoms with Crippen molar-refractivity contribution in [2.75, 3.05) is 0 Å². The molecule has 1 N–H and O–H groups in total. The van der Waals surface area contributed by atoms with Gasteiger partial charge in [-0.2, -0.15) is 5.26 Å². The van der Waals surface area contributed by atoms with Crippen LogP contribution in [-0.2, 0) is 4.79 Å². The zero-order valence-electron chi connectivity index (χ0n) is 6.56. The van der Waals surface area contributed by atoms with Gasteiger partial charge in [-0.05, 0) is 18.6 Å². The van der Waals surface area contributed by atoms with Crippen LogP contribution in [0.4, 0.5) is 0 Å². The van der Waals surface area contributed by atoms with E-state index in [2.05, 4.69) is 4.98 Å². The SMILES string of the molecule is Cc1cncc(C#N)c1.O=CO. The van der Waals surface area contributed by atoms with Crippen molar-refractivity contribution in [3.05, 3.63) is 29.6 Å². The third kappa shape index (κ3) is 4.01. The third-order valence-corrected chi connectivity index (χ3v) is 1.00. The molecule has 0 bridgehead atoms. The van der Waals surface area contributed by atoms with Crippen LogP contribution >= 0.6 is 0 Å². The van der Waals surface area contributed by atoms with Crippen LogP contribution in [0.25, 0.3) is 0 Å². The first-order valence-corrected chi connectivity index (χ1v) is 3.14. The average molecular weight is 164 g/mol. The van der Waals surface area contributed by atoms with E-state index in [1.165, 1.54) is 0 Å². The lowest BCUT2D eigenvalue weighted by Crippen LogP contribution is -1.78. The summed E-state index contributed by atoms with van der Waals surface area (Å²) in [5, 5.41) is 15.3. The monoisotopic (exact) mass is 164 g/mol. The van der Waals surface area contributed by atoms with Crippen LogP contribution in [0, 0.1) is 18.3 Å². The Bertz CT molecular complexity index is 291. The summed E-state index contributed by atoms with van der Waals surface area (Å²) in [6, 6.07) is 3.80. The molecule has 0 amide bonds. The first kappa shape index (κ1) is 10.1. The molecule has 12 heavy (non-hydrogen) atoms. The van der Waals surface area contributed by atoms with Gasteiger partial charge in [-0.15, -0.1) is 0 Å². The summed E-state index contributed by atoms with van der Waals surface area (Å²) in [5.74, 6) is 0. The number of pyridine rings is 1.